The average Bonchev–Trinajstić information content (AvgIpc) is 3.19. The van der Waals surface area contributed by atoms with E-state index in [2.05, 4.69) is 23.2 Å². The minimum atomic E-state index is 0.0597. The number of benzene rings is 3. The molecule has 0 N–H and O–H groups in total. The molecule has 1 amide bonds. The van der Waals surface area contributed by atoms with Gasteiger partial charge in [-0.15, -0.1) is 10.2 Å². The van der Waals surface area contributed by atoms with Crippen molar-refractivity contribution >= 4 is 23.4 Å². The predicted molar refractivity (Wildman–Crippen MR) is 129 cm³/mol. The summed E-state index contributed by atoms with van der Waals surface area (Å²) >= 11 is 1.33. The van der Waals surface area contributed by atoms with E-state index in [4.69, 9.17) is 4.98 Å². The first-order valence-corrected chi connectivity index (χ1v) is 11.6. The highest BCUT2D eigenvalue weighted by Gasteiger charge is 2.30. The Morgan fingerprint density at radius 2 is 1.50 bits per heavy atom. The molecule has 1 atom stereocenters. The minimum Gasteiger partial charge on any atom is -0.308 e. The summed E-state index contributed by atoms with van der Waals surface area (Å²) in [5, 5.41) is 9.32. The summed E-state index contributed by atoms with van der Waals surface area (Å²) in [5.41, 5.74) is 5.65. The summed E-state index contributed by atoms with van der Waals surface area (Å²) < 4.78 is 0. The van der Waals surface area contributed by atoms with Crippen LogP contribution in [0.25, 0.3) is 22.5 Å². The van der Waals surface area contributed by atoms with E-state index < -0.39 is 0 Å². The summed E-state index contributed by atoms with van der Waals surface area (Å²) in [6.07, 6.45) is 0.883. The van der Waals surface area contributed by atoms with E-state index in [0.717, 1.165) is 34.6 Å². The van der Waals surface area contributed by atoms with Gasteiger partial charge in [0.2, 0.25) is 11.1 Å². The fourth-order valence-corrected chi connectivity index (χ4v) is 4.75. The summed E-state index contributed by atoms with van der Waals surface area (Å²) in [5.74, 6) is 0.323. The van der Waals surface area contributed by atoms with Gasteiger partial charge < -0.3 is 4.90 Å². The third-order valence-electron chi connectivity index (χ3n) is 5.56. The van der Waals surface area contributed by atoms with Crippen molar-refractivity contribution < 1.29 is 4.79 Å². The van der Waals surface area contributed by atoms with Gasteiger partial charge in [-0.1, -0.05) is 90.6 Å². The van der Waals surface area contributed by atoms with E-state index >= 15 is 0 Å². The number of hydrogen-bond donors (Lipinski definition) is 0. The molecule has 0 saturated heterocycles. The van der Waals surface area contributed by atoms with Crippen molar-refractivity contribution in [1.29, 1.82) is 0 Å². The van der Waals surface area contributed by atoms with Crippen LogP contribution in [0.3, 0.4) is 0 Å². The lowest BCUT2D eigenvalue weighted by Gasteiger charge is -2.22. The maximum atomic E-state index is 13.1. The fraction of sp³-hybridized carbons (Fsp3) is 0.154. The van der Waals surface area contributed by atoms with Crippen LogP contribution >= 0.6 is 11.8 Å². The van der Waals surface area contributed by atoms with Gasteiger partial charge in [0.25, 0.3) is 0 Å². The molecular formula is C26H22N4OS. The standard InChI is InChI=1S/C26H22N4OS/c1-18-16-21-14-8-9-15-22(21)30(18)23(31)17-32-26-27-24(19-10-4-2-5-11-19)25(28-29-26)20-12-6-3-7-13-20/h2-15,18H,16-17H2,1H3/t18-/m1/s1. The molecule has 6 heteroatoms. The van der Waals surface area contributed by atoms with Gasteiger partial charge in [0.05, 0.1) is 5.75 Å². The average molecular weight is 439 g/mol. The highest BCUT2D eigenvalue weighted by Crippen LogP contribution is 2.33. The number of para-hydroxylation sites is 1. The number of hydrogen-bond acceptors (Lipinski definition) is 5. The molecule has 4 aromatic rings. The van der Waals surface area contributed by atoms with Gasteiger partial charge in [-0.25, -0.2) is 4.98 Å². The maximum Gasteiger partial charge on any atom is 0.237 e. The Labute approximate surface area is 191 Å². The SMILES string of the molecule is C[C@@H]1Cc2ccccc2N1C(=O)CSc1nnc(-c2ccccc2)c(-c2ccccc2)n1. The fourth-order valence-electron chi connectivity index (χ4n) is 4.10. The molecule has 0 fully saturated rings. The molecule has 5 nitrogen and oxygen atoms in total. The lowest BCUT2D eigenvalue weighted by atomic mass is 10.0. The van der Waals surface area contributed by atoms with Gasteiger partial charge in [-0.05, 0) is 25.0 Å². The monoisotopic (exact) mass is 438 g/mol. The van der Waals surface area contributed by atoms with Gasteiger partial charge in [0.15, 0.2) is 0 Å². The smallest absolute Gasteiger partial charge is 0.237 e. The molecule has 0 spiro atoms. The Morgan fingerprint density at radius 3 is 2.22 bits per heavy atom. The number of fused-ring (bicyclic) bond motifs is 1. The molecule has 158 valence electrons. The molecule has 1 aliphatic rings. The van der Waals surface area contributed by atoms with Gasteiger partial charge in [-0.3, -0.25) is 4.79 Å². The first-order valence-electron chi connectivity index (χ1n) is 10.6. The van der Waals surface area contributed by atoms with E-state index in [0.29, 0.717) is 5.16 Å². The van der Waals surface area contributed by atoms with Crippen LogP contribution in [0.4, 0.5) is 5.69 Å². The largest absolute Gasteiger partial charge is 0.308 e. The first kappa shape index (κ1) is 20.4. The Morgan fingerprint density at radius 1 is 0.875 bits per heavy atom. The van der Waals surface area contributed by atoms with Crippen LogP contribution in [0.2, 0.25) is 0 Å². The molecule has 0 radical (unpaired) electrons. The van der Waals surface area contributed by atoms with Crippen LogP contribution in [0, 0.1) is 0 Å². The van der Waals surface area contributed by atoms with Crippen molar-refractivity contribution in [3.8, 4) is 22.5 Å². The van der Waals surface area contributed by atoms with Gasteiger partial charge in [0, 0.05) is 22.9 Å². The molecule has 1 aliphatic heterocycles. The summed E-state index contributed by atoms with van der Waals surface area (Å²) in [7, 11) is 0. The van der Waals surface area contributed by atoms with Gasteiger partial charge in [-0.2, -0.15) is 0 Å². The number of carbonyl (C=O) groups is 1. The predicted octanol–water partition coefficient (Wildman–Crippen LogP) is 5.28. The molecular weight excluding hydrogens is 416 g/mol. The van der Waals surface area contributed by atoms with E-state index in [1.165, 1.54) is 17.3 Å². The third-order valence-corrected chi connectivity index (χ3v) is 6.38. The molecule has 1 aromatic heterocycles. The quantitative estimate of drug-likeness (QED) is 0.397. The lowest BCUT2D eigenvalue weighted by molar-refractivity contribution is -0.116. The van der Waals surface area contributed by atoms with Crippen LogP contribution in [0.5, 0.6) is 0 Å². The molecule has 32 heavy (non-hydrogen) atoms. The van der Waals surface area contributed by atoms with Crippen LogP contribution in [0.15, 0.2) is 90.1 Å². The highest BCUT2D eigenvalue weighted by molar-refractivity contribution is 7.99. The molecule has 5 rings (SSSR count). The van der Waals surface area contributed by atoms with E-state index in [1.54, 1.807) is 0 Å². The molecule has 2 heterocycles. The first-order chi connectivity index (χ1) is 15.7. The van der Waals surface area contributed by atoms with Crippen LogP contribution in [0.1, 0.15) is 12.5 Å². The highest BCUT2D eigenvalue weighted by atomic mass is 32.2. The number of rotatable bonds is 5. The van der Waals surface area contributed by atoms with Crippen LogP contribution in [-0.2, 0) is 11.2 Å². The zero-order valence-electron chi connectivity index (χ0n) is 17.7. The molecule has 0 unspecified atom stereocenters. The van der Waals surface area contributed by atoms with Crippen molar-refractivity contribution in [2.45, 2.75) is 24.5 Å². The summed E-state index contributed by atoms with van der Waals surface area (Å²) in [6.45, 7) is 2.09. The third kappa shape index (κ3) is 4.01. The molecule has 0 aliphatic carbocycles. The Kier molecular flexibility index (Phi) is 5.69. The zero-order valence-corrected chi connectivity index (χ0v) is 18.5. The topological polar surface area (TPSA) is 59.0 Å². The number of anilines is 1. The normalized spacial score (nSPS) is 14.9. The van der Waals surface area contributed by atoms with Gasteiger partial charge in [0.1, 0.15) is 11.4 Å². The van der Waals surface area contributed by atoms with Crippen molar-refractivity contribution in [1.82, 2.24) is 15.2 Å². The molecule has 0 saturated carbocycles. The van der Waals surface area contributed by atoms with E-state index in [9.17, 15) is 4.79 Å². The Balaban J connectivity index is 1.41. The van der Waals surface area contributed by atoms with Gasteiger partial charge >= 0.3 is 0 Å². The van der Waals surface area contributed by atoms with Crippen LogP contribution < -0.4 is 4.90 Å². The zero-order chi connectivity index (χ0) is 21.9. The van der Waals surface area contributed by atoms with Crippen LogP contribution in [-0.4, -0.2) is 32.9 Å². The summed E-state index contributed by atoms with van der Waals surface area (Å²) in [4.78, 5) is 19.8. The van der Waals surface area contributed by atoms with Crippen molar-refractivity contribution in [3.63, 3.8) is 0 Å². The van der Waals surface area contributed by atoms with Crippen molar-refractivity contribution in [2.24, 2.45) is 0 Å². The Bertz CT molecular complexity index is 1250. The minimum absolute atomic E-state index is 0.0597. The number of thioether (sulfide) groups is 1. The van der Waals surface area contributed by atoms with Crippen molar-refractivity contribution in [3.05, 3.63) is 90.5 Å². The lowest BCUT2D eigenvalue weighted by Crippen LogP contribution is -2.37. The maximum absolute atomic E-state index is 13.1. The second kappa shape index (κ2) is 8.93. The van der Waals surface area contributed by atoms with E-state index in [1.807, 2.05) is 83.8 Å². The number of amides is 1. The van der Waals surface area contributed by atoms with Crippen molar-refractivity contribution in [2.75, 3.05) is 10.7 Å². The second-order valence-corrected chi connectivity index (χ2v) is 8.70. The number of nitrogens with zero attached hydrogens (tertiary/aromatic N) is 4. The molecule has 0 bridgehead atoms. The number of aromatic nitrogens is 3. The summed E-state index contributed by atoms with van der Waals surface area (Å²) in [6, 6.07) is 28.1. The molecule has 3 aromatic carbocycles. The van der Waals surface area contributed by atoms with E-state index in [-0.39, 0.29) is 17.7 Å². The Hall–Kier alpha value is -3.51. The second-order valence-electron chi connectivity index (χ2n) is 7.76. The number of carbonyl (C=O) groups excluding carboxylic acids is 1.